The Morgan fingerprint density at radius 2 is 1.83 bits per heavy atom. The Balaban J connectivity index is 1.74. The third kappa shape index (κ3) is 5.05. The van der Waals surface area contributed by atoms with Crippen LogP contribution in [0.4, 0.5) is 0 Å². The van der Waals surface area contributed by atoms with Crippen molar-refractivity contribution in [3.63, 3.8) is 0 Å². The number of aliphatic hydroxyl groups excluding tert-OH is 1. The first-order valence-corrected chi connectivity index (χ1v) is 12.7. The van der Waals surface area contributed by atoms with Crippen LogP contribution in [-0.4, -0.2) is 53.0 Å². The number of Topliss-reactive ketones (excluding diaryl/α,β-unsaturated/α-hetero) is 1. The monoisotopic (exact) mass is 506 g/mol. The average molecular weight is 507 g/mol. The van der Waals surface area contributed by atoms with E-state index in [0.29, 0.717) is 46.5 Å². The van der Waals surface area contributed by atoms with Gasteiger partial charge in [0.2, 0.25) is 5.78 Å². The number of thiazole rings is 1. The summed E-state index contributed by atoms with van der Waals surface area (Å²) in [5.41, 5.74) is 2.13. The van der Waals surface area contributed by atoms with E-state index in [2.05, 4.69) is 4.98 Å². The smallest absolute Gasteiger partial charge is 0.290 e. The highest BCUT2D eigenvalue weighted by molar-refractivity contribution is 7.17. The zero-order valence-electron chi connectivity index (χ0n) is 20.9. The summed E-state index contributed by atoms with van der Waals surface area (Å²) >= 11 is 1.26. The summed E-state index contributed by atoms with van der Waals surface area (Å²) in [6.07, 6.45) is 0.628. The summed E-state index contributed by atoms with van der Waals surface area (Å²) in [4.78, 5) is 33.7. The van der Waals surface area contributed by atoms with Gasteiger partial charge in [0.05, 0.1) is 35.4 Å². The summed E-state index contributed by atoms with van der Waals surface area (Å²) in [6.45, 7) is 6.43. The lowest BCUT2D eigenvalue weighted by Gasteiger charge is -2.28. The maximum Gasteiger partial charge on any atom is 0.290 e. The van der Waals surface area contributed by atoms with E-state index < -0.39 is 23.5 Å². The predicted molar refractivity (Wildman–Crippen MR) is 139 cm³/mol. The molecule has 1 aliphatic rings. The zero-order valence-corrected chi connectivity index (χ0v) is 21.7. The van der Waals surface area contributed by atoms with Crippen LogP contribution in [0.5, 0.6) is 5.75 Å². The Hall–Kier alpha value is -3.49. The first-order chi connectivity index (χ1) is 17.3. The standard InChI is InChI=1S/C28H30N2O5S/c1-17(2)35-16-10-15-30-23(20-13-8-9-14-21(20)34-4)22(25(32)28(30)33)24(31)26-18(3)29-27(36-26)19-11-6-5-7-12-19/h5-9,11-14,17,23,32H,10,15-16H2,1-4H3. The minimum absolute atomic E-state index is 0.0423. The molecule has 0 fully saturated rings. The Bertz CT molecular complexity index is 1280. The molecule has 4 rings (SSSR count). The van der Waals surface area contributed by atoms with E-state index in [1.165, 1.54) is 16.2 Å². The third-order valence-electron chi connectivity index (χ3n) is 6.00. The summed E-state index contributed by atoms with van der Waals surface area (Å²) in [5, 5.41) is 11.7. The van der Waals surface area contributed by atoms with Gasteiger partial charge >= 0.3 is 0 Å². The molecule has 7 nitrogen and oxygen atoms in total. The van der Waals surface area contributed by atoms with Gasteiger partial charge in [-0.1, -0.05) is 48.5 Å². The number of aliphatic hydroxyl groups is 1. The van der Waals surface area contributed by atoms with E-state index in [9.17, 15) is 14.7 Å². The predicted octanol–water partition coefficient (Wildman–Crippen LogP) is 5.52. The van der Waals surface area contributed by atoms with Gasteiger partial charge in [-0.2, -0.15) is 0 Å². The summed E-state index contributed by atoms with van der Waals surface area (Å²) < 4.78 is 11.2. The Morgan fingerprint density at radius 1 is 1.14 bits per heavy atom. The van der Waals surface area contributed by atoms with E-state index in [1.54, 1.807) is 20.1 Å². The SMILES string of the molecule is COc1ccccc1C1C(C(=O)c2sc(-c3ccccc3)nc2C)=C(O)C(=O)N1CCCOC(C)C. The Kier molecular flexibility index (Phi) is 7.86. The molecule has 1 N–H and O–H groups in total. The molecule has 0 radical (unpaired) electrons. The van der Waals surface area contributed by atoms with E-state index in [-0.39, 0.29) is 11.7 Å². The fraction of sp³-hybridized carbons (Fsp3) is 0.321. The highest BCUT2D eigenvalue weighted by Crippen LogP contribution is 2.43. The maximum absolute atomic E-state index is 13.9. The van der Waals surface area contributed by atoms with Crippen molar-refractivity contribution < 1.29 is 24.2 Å². The van der Waals surface area contributed by atoms with Gasteiger partial charge in [-0.15, -0.1) is 11.3 Å². The van der Waals surface area contributed by atoms with Crippen LogP contribution in [0.2, 0.25) is 0 Å². The number of aryl methyl sites for hydroxylation is 1. The van der Waals surface area contributed by atoms with Crippen LogP contribution in [0.25, 0.3) is 10.6 Å². The van der Waals surface area contributed by atoms with E-state index in [4.69, 9.17) is 9.47 Å². The molecule has 188 valence electrons. The second-order valence-corrected chi connectivity index (χ2v) is 9.81. The van der Waals surface area contributed by atoms with Crippen molar-refractivity contribution in [2.45, 2.75) is 39.3 Å². The van der Waals surface area contributed by atoms with Crippen LogP contribution >= 0.6 is 11.3 Å². The molecular weight excluding hydrogens is 476 g/mol. The molecule has 8 heteroatoms. The fourth-order valence-electron chi connectivity index (χ4n) is 4.32. The Labute approximate surface area is 215 Å². The minimum atomic E-state index is -0.790. The summed E-state index contributed by atoms with van der Waals surface area (Å²) in [7, 11) is 1.54. The lowest BCUT2D eigenvalue weighted by Crippen LogP contribution is -2.33. The largest absolute Gasteiger partial charge is 0.503 e. The number of ether oxygens (including phenoxy) is 2. The van der Waals surface area contributed by atoms with E-state index >= 15 is 0 Å². The second kappa shape index (κ2) is 11.1. The molecule has 2 aromatic carbocycles. The number of carbonyl (C=O) groups is 2. The first kappa shape index (κ1) is 25.6. The number of benzene rings is 2. The van der Waals surface area contributed by atoms with Crippen molar-refractivity contribution >= 4 is 23.0 Å². The van der Waals surface area contributed by atoms with Gasteiger partial charge in [0.25, 0.3) is 5.91 Å². The number of carbonyl (C=O) groups excluding carboxylic acids is 2. The van der Waals surface area contributed by atoms with Crippen molar-refractivity contribution in [3.8, 4) is 16.3 Å². The van der Waals surface area contributed by atoms with Crippen LogP contribution in [0.3, 0.4) is 0 Å². The van der Waals surface area contributed by atoms with E-state index in [1.807, 2.05) is 62.4 Å². The number of para-hydroxylation sites is 1. The summed E-state index contributed by atoms with van der Waals surface area (Å²) in [6, 6.07) is 16.1. The molecule has 1 aliphatic heterocycles. The van der Waals surface area contributed by atoms with Crippen LogP contribution < -0.4 is 4.74 Å². The van der Waals surface area contributed by atoms with Gasteiger partial charge in [0.1, 0.15) is 10.8 Å². The number of hydrogen-bond acceptors (Lipinski definition) is 7. The molecule has 3 aromatic rings. The van der Waals surface area contributed by atoms with Gasteiger partial charge in [0, 0.05) is 24.3 Å². The molecule has 2 heterocycles. The molecule has 1 unspecified atom stereocenters. The fourth-order valence-corrected chi connectivity index (χ4v) is 5.35. The summed E-state index contributed by atoms with van der Waals surface area (Å²) in [5.74, 6) is -0.987. The highest BCUT2D eigenvalue weighted by atomic mass is 32.1. The molecule has 1 aromatic heterocycles. The molecule has 36 heavy (non-hydrogen) atoms. The van der Waals surface area contributed by atoms with Crippen LogP contribution in [0.15, 0.2) is 65.9 Å². The first-order valence-electron chi connectivity index (χ1n) is 11.9. The number of hydrogen-bond donors (Lipinski definition) is 1. The topological polar surface area (TPSA) is 89.0 Å². The lowest BCUT2D eigenvalue weighted by molar-refractivity contribution is -0.129. The van der Waals surface area contributed by atoms with Gasteiger partial charge in [-0.25, -0.2) is 4.98 Å². The molecule has 1 atom stereocenters. The van der Waals surface area contributed by atoms with Gasteiger partial charge in [0.15, 0.2) is 5.76 Å². The van der Waals surface area contributed by atoms with Crippen molar-refractivity contribution in [3.05, 3.63) is 82.1 Å². The molecule has 0 saturated heterocycles. The Morgan fingerprint density at radius 3 is 2.53 bits per heavy atom. The minimum Gasteiger partial charge on any atom is -0.503 e. The zero-order chi connectivity index (χ0) is 25.8. The van der Waals surface area contributed by atoms with Crippen LogP contribution in [-0.2, 0) is 9.53 Å². The lowest BCUT2D eigenvalue weighted by atomic mass is 9.94. The van der Waals surface area contributed by atoms with Crippen molar-refractivity contribution in [1.82, 2.24) is 9.88 Å². The number of ketones is 1. The van der Waals surface area contributed by atoms with Crippen LogP contribution in [0, 0.1) is 6.92 Å². The van der Waals surface area contributed by atoms with Crippen molar-refractivity contribution in [1.29, 1.82) is 0 Å². The molecule has 1 amide bonds. The van der Waals surface area contributed by atoms with Gasteiger partial charge in [-0.3, -0.25) is 9.59 Å². The number of methoxy groups -OCH3 is 1. The van der Waals surface area contributed by atoms with Gasteiger partial charge < -0.3 is 19.5 Å². The average Bonchev–Trinajstić information content (AvgIpc) is 3.39. The quantitative estimate of drug-likeness (QED) is 0.288. The van der Waals surface area contributed by atoms with E-state index in [0.717, 1.165) is 5.56 Å². The third-order valence-corrected chi connectivity index (χ3v) is 7.21. The highest BCUT2D eigenvalue weighted by Gasteiger charge is 2.45. The van der Waals surface area contributed by atoms with Crippen molar-refractivity contribution in [2.75, 3.05) is 20.3 Å². The van der Waals surface area contributed by atoms with Gasteiger partial charge in [-0.05, 0) is 33.3 Å². The van der Waals surface area contributed by atoms with Crippen molar-refractivity contribution in [2.24, 2.45) is 0 Å². The molecule has 0 spiro atoms. The normalized spacial score (nSPS) is 15.8. The second-order valence-electron chi connectivity index (χ2n) is 8.81. The molecule has 0 aliphatic carbocycles. The number of aromatic nitrogens is 1. The molecular formula is C28H30N2O5S. The van der Waals surface area contributed by atoms with Crippen LogP contribution in [0.1, 0.15) is 47.2 Å². The molecule has 0 saturated carbocycles. The number of nitrogens with zero attached hydrogens (tertiary/aromatic N) is 2. The number of rotatable bonds is 10. The maximum atomic E-state index is 13.9. The molecule has 0 bridgehead atoms. The number of amides is 1.